The third-order valence-corrected chi connectivity index (χ3v) is 3.91. The Morgan fingerprint density at radius 3 is 2.50 bits per heavy atom. The van der Waals surface area contributed by atoms with Gasteiger partial charge in [-0.05, 0) is 25.8 Å². The summed E-state index contributed by atoms with van der Waals surface area (Å²) in [6.45, 7) is 10.5. The summed E-state index contributed by atoms with van der Waals surface area (Å²) in [5, 5.41) is 3.26. The smallest absolute Gasteiger partial charge is 0.240 e. The lowest BCUT2D eigenvalue weighted by atomic mass is 9.94. The van der Waals surface area contributed by atoms with E-state index in [0.29, 0.717) is 17.9 Å². The zero-order chi connectivity index (χ0) is 12.1. The molecule has 0 radical (unpaired) electrons. The molecule has 1 aliphatic heterocycles. The second-order valence-corrected chi connectivity index (χ2v) is 4.75. The maximum Gasteiger partial charge on any atom is 0.240 e. The molecule has 0 aromatic carbocycles. The van der Waals surface area contributed by atoms with Crippen LogP contribution < -0.4 is 5.32 Å². The van der Waals surface area contributed by atoms with Crippen LogP contribution >= 0.6 is 0 Å². The Labute approximate surface area is 99.6 Å². The number of rotatable bonds is 6. The van der Waals surface area contributed by atoms with Crippen molar-refractivity contribution in [3.63, 3.8) is 0 Å². The van der Waals surface area contributed by atoms with Crippen LogP contribution in [0.2, 0.25) is 0 Å². The normalized spacial score (nSPS) is 23.2. The Hall–Kier alpha value is -0.570. The zero-order valence-corrected chi connectivity index (χ0v) is 11.1. The third-order valence-electron chi connectivity index (χ3n) is 3.91. The molecule has 94 valence electrons. The molecule has 0 aromatic heterocycles. The van der Waals surface area contributed by atoms with Gasteiger partial charge in [0.25, 0.3) is 0 Å². The lowest BCUT2D eigenvalue weighted by Crippen LogP contribution is -2.44. The van der Waals surface area contributed by atoms with Gasteiger partial charge < -0.3 is 10.2 Å². The molecule has 1 amide bonds. The van der Waals surface area contributed by atoms with Crippen LogP contribution in [0.3, 0.4) is 0 Å². The molecule has 3 heteroatoms. The molecule has 1 saturated heterocycles. The first kappa shape index (κ1) is 13.5. The van der Waals surface area contributed by atoms with Crippen LogP contribution in [-0.2, 0) is 4.79 Å². The number of likely N-dealkylation sites (N-methyl/N-ethyl adjacent to an activating group) is 1. The number of likely N-dealkylation sites (tertiary alicyclic amines) is 1. The minimum Gasteiger partial charge on any atom is -0.338 e. The molecule has 1 rings (SSSR count). The van der Waals surface area contributed by atoms with Crippen molar-refractivity contribution in [3.8, 4) is 0 Å². The van der Waals surface area contributed by atoms with Gasteiger partial charge >= 0.3 is 0 Å². The summed E-state index contributed by atoms with van der Waals surface area (Å²) in [5.74, 6) is 0.950. The largest absolute Gasteiger partial charge is 0.338 e. The molecule has 0 aliphatic carbocycles. The highest BCUT2D eigenvalue weighted by Crippen LogP contribution is 2.23. The average molecular weight is 226 g/mol. The summed E-state index contributed by atoms with van der Waals surface area (Å²) in [6, 6.07) is 0.466. The summed E-state index contributed by atoms with van der Waals surface area (Å²) in [5.41, 5.74) is 0. The number of hydrogen-bond donors (Lipinski definition) is 1. The fourth-order valence-electron chi connectivity index (χ4n) is 2.77. The van der Waals surface area contributed by atoms with Gasteiger partial charge in [0.15, 0.2) is 0 Å². The molecule has 0 aromatic rings. The number of nitrogens with one attached hydrogen (secondary N) is 1. The van der Waals surface area contributed by atoms with E-state index in [1.807, 2.05) is 0 Å². The van der Waals surface area contributed by atoms with Crippen molar-refractivity contribution in [2.45, 2.75) is 59.0 Å². The summed E-state index contributed by atoms with van der Waals surface area (Å²) >= 11 is 0. The predicted molar refractivity (Wildman–Crippen MR) is 67.3 cm³/mol. The van der Waals surface area contributed by atoms with Crippen LogP contribution in [0.15, 0.2) is 0 Å². The number of hydrogen-bond acceptors (Lipinski definition) is 2. The quantitative estimate of drug-likeness (QED) is 0.751. The number of carbonyl (C=O) groups excluding carboxylic acids is 1. The molecule has 0 bridgehead atoms. The van der Waals surface area contributed by atoms with E-state index in [1.165, 1.54) is 0 Å². The van der Waals surface area contributed by atoms with E-state index in [1.54, 1.807) is 0 Å². The van der Waals surface area contributed by atoms with Gasteiger partial charge in [0, 0.05) is 12.6 Å². The van der Waals surface area contributed by atoms with Crippen LogP contribution in [0.1, 0.15) is 47.0 Å². The fourth-order valence-corrected chi connectivity index (χ4v) is 2.77. The van der Waals surface area contributed by atoms with Crippen LogP contribution in [0.25, 0.3) is 0 Å². The Morgan fingerprint density at radius 1 is 1.38 bits per heavy atom. The molecule has 2 unspecified atom stereocenters. The summed E-state index contributed by atoms with van der Waals surface area (Å²) in [6.07, 6.45) is 3.29. The monoisotopic (exact) mass is 226 g/mol. The van der Waals surface area contributed by atoms with Crippen molar-refractivity contribution >= 4 is 5.91 Å². The van der Waals surface area contributed by atoms with E-state index in [9.17, 15) is 4.79 Å². The lowest BCUT2D eigenvalue weighted by molar-refractivity contribution is -0.132. The van der Waals surface area contributed by atoms with Crippen molar-refractivity contribution in [3.05, 3.63) is 0 Å². The number of nitrogens with zero attached hydrogens (tertiary/aromatic N) is 1. The number of carbonyl (C=O) groups is 1. The molecule has 16 heavy (non-hydrogen) atoms. The Balaban J connectivity index is 2.58. The van der Waals surface area contributed by atoms with Crippen molar-refractivity contribution in [2.75, 3.05) is 13.1 Å². The topological polar surface area (TPSA) is 32.3 Å². The van der Waals surface area contributed by atoms with Gasteiger partial charge in [-0.3, -0.25) is 4.79 Å². The fraction of sp³-hybridized carbons (Fsp3) is 0.923. The SMILES string of the molecule is CCNC1CCN(C(C)C(CC)CC)C1=O. The number of amides is 1. The maximum absolute atomic E-state index is 12.1. The molecular formula is C13H26N2O. The highest BCUT2D eigenvalue weighted by atomic mass is 16.2. The third kappa shape index (κ3) is 2.76. The molecule has 3 nitrogen and oxygen atoms in total. The lowest BCUT2D eigenvalue weighted by Gasteiger charge is -2.31. The van der Waals surface area contributed by atoms with Gasteiger partial charge in [0.05, 0.1) is 6.04 Å². The molecular weight excluding hydrogens is 200 g/mol. The van der Waals surface area contributed by atoms with Crippen molar-refractivity contribution < 1.29 is 4.79 Å². The standard InChI is InChI=1S/C13H26N2O/c1-5-11(6-2)10(4)15-9-8-12(13(15)16)14-7-3/h10-12,14H,5-9H2,1-4H3. The van der Waals surface area contributed by atoms with E-state index in [2.05, 4.69) is 37.9 Å². The van der Waals surface area contributed by atoms with Crippen molar-refractivity contribution in [1.82, 2.24) is 10.2 Å². The maximum atomic E-state index is 12.1. The molecule has 1 fully saturated rings. The van der Waals surface area contributed by atoms with Crippen LogP contribution in [0.5, 0.6) is 0 Å². The first-order valence-electron chi connectivity index (χ1n) is 6.69. The van der Waals surface area contributed by atoms with E-state index >= 15 is 0 Å². The minimum atomic E-state index is 0.0711. The molecule has 0 saturated carbocycles. The summed E-state index contributed by atoms with van der Waals surface area (Å²) in [7, 11) is 0. The Kier molecular flexibility index (Phi) is 5.26. The molecule has 1 heterocycles. The van der Waals surface area contributed by atoms with Gasteiger partial charge in [0.1, 0.15) is 0 Å². The second kappa shape index (κ2) is 6.24. The van der Waals surface area contributed by atoms with Gasteiger partial charge in [-0.2, -0.15) is 0 Å². The first-order chi connectivity index (χ1) is 7.65. The van der Waals surface area contributed by atoms with E-state index in [0.717, 1.165) is 32.4 Å². The van der Waals surface area contributed by atoms with Gasteiger partial charge in [0.2, 0.25) is 5.91 Å². The highest BCUT2D eigenvalue weighted by Gasteiger charge is 2.35. The van der Waals surface area contributed by atoms with Gasteiger partial charge in [-0.1, -0.05) is 33.6 Å². The average Bonchev–Trinajstić information content (AvgIpc) is 2.63. The van der Waals surface area contributed by atoms with Crippen LogP contribution in [-0.4, -0.2) is 36.0 Å². The summed E-state index contributed by atoms with van der Waals surface area (Å²) < 4.78 is 0. The minimum absolute atomic E-state index is 0.0711. The Morgan fingerprint density at radius 2 is 2.00 bits per heavy atom. The zero-order valence-electron chi connectivity index (χ0n) is 11.1. The molecule has 1 N–H and O–H groups in total. The van der Waals surface area contributed by atoms with Crippen LogP contribution in [0.4, 0.5) is 0 Å². The van der Waals surface area contributed by atoms with Gasteiger partial charge in [-0.25, -0.2) is 0 Å². The van der Waals surface area contributed by atoms with E-state index in [-0.39, 0.29) is 6.04 Å². The summed E-state index contributed by atoms with van der Waals surface area (Å²) in [4.78, 5) is 14.2. The predicted octanol–water partition coefficient (Wildman–Crippen LogP) is 2.02. The van der Waals surface area contributed by atoms with E-state index < -0.39 is 0 Å². The first-order valence-corrected chi connectivity index (χ1v) is 6.69. The van der Waals surface area contributed by atoms with E-state index in [4.69, 9.17) is 0 Å². The highest BCUT2D eigenvalue weighted by molar-refractivity contribution is 5.84. The second-order valence-electron chi connectivity index (χ2n) is 4.75. The van der Waals surface area contributed by atoms with Crippen molar-refractivity contribution in [1.29, 1.82) is 0 Å². The van der Waals surface area contributed by atoms with Crippen molar-refractivity contribution in [2.24, 2.45) is 5.92 Å². The Bertz CT molecular complexity index is 226. The van der Waals surface area contributed by atoms with Crippen LogP contribution in [0, 0.1) is 5.92 Å². The molecule has 2 atom stereocenters. The molecule has 0 spiro atoms. The van der Waals surface area contributed by atoms with Gasteiger partial charge in [-0.15, -0.1) is 0 Å². The molecule has 1 aliphatic rings.